The van der Waals surface area contributed by atoms with Gasteiger partial charge in [0, 0.05) is 29.0 Å². The van der Waals surface area contributed by atoms with Gasteiger partial charge in [0.05, 0.1) is 0 Å². The molecule has 5 heteroatoms. The van der Waals surface area contributed by atoms with Crippen LogP contribution in [-0.2, 0) is 6.42 Å². The van der Waals surface area contributed by atoms with E-state index in [4.69, 9.17) is 11.6 Å². The molecule has 0 aliphatic carbocycles. The van der Waals surface area contributed by atoms with Crippen molar-refractivity contribution in [2.45, 2.75) is 36.6 Å². The lowest BCUT2D eigenvalue weighted by Gasteiger charge is -2.08. The van der Waals surface area contributed by atoms with Crippen molar-refractivity contribution in [2.24, 2.45) is 0 Å². The van der Waals surface area contributed by atoms with Crippen molar-refractivity contribution < 1.29 is 0 Å². The summed E-state index contributed by atoms with van der Waals surface area (Å²) in [6.07, 6.45) is 1.94. The highest BCUT2D eigenvalue weighted by Crippen LogP contribution is 2.28. The Balaban J connectivity index is 2.22. The Labute approximate surface area is 129 Å². The van der Waals surface area contributed by atoms with Gasteiger partial charge in [-0.25, -0.2) is 9.97 Å². The van der Waals surface area contributed by atoms with Crippen molar-refractivity contribution in [3.05, 3.63) is 41.2 Å². The zero-order chi connectivity index (χ0) is 14.4. The number of rotatable bonds is 6. The second kappa shape index (κ2) is 7.50. The van der Waals surface area contributed by atoms with E-state index in [2.05, 4.69) is 29.1 Å². The predicted octanol–water partition coefficient (Wildman–Crippen LogP) is 4.67. The van der Waals surface area contributed by atoms with Crippen LogP contribution in [0.5, 0.6) is 0 Å². The Morgan fingerprint density at radius 1 is 1.15 bits per heavy atom. The van der Waals surface area contributed by atoms with Crippen molar-refractivity contribution >= 4 is 29.2 Å². The molecule has 0 aliphatic rings. The van der Waals surface area contributed by atoms with E-state index in [9.17, 15) is 0 Å². The normalized spacial score (nSPS) is 10.6. The molecule has 0 aliphatic heterocycles. The molecule has 2 aromatic rings. The first kappa shape index (κ1) is 15.1. The van der Waals surface area contributed by atoms with Gasteiger partial charge in [-0.15, -0.1) is 0 Å². The Hall–Kier alpha value is -1.26. The first-order valence-electron chi connectivity index (χ1n) is 6.76. The molecule has 0 saturated heterocycles. The highest BCUT2D eigenvalue weighted by atomic mass is 35.5. The summed E-state index contributed by atoms with van der Waals surface area (Å²) in [6.45, 7) is 5.05. The molecule has 0 atom stereocenters. The monoisotopic (exact) mass is 307 g/mol. The van der Waals surface area contributed by atoms with Gasteiger partial charge in [-0.3, -0.25) is 0 Å². The molecule has 0 bridgehead atoms. The number of halogens is 1. The second-order valence-electron chi connectivity index (χ2n) is 4.34. The summed E-state index contributed by atoms with van der Waals surface area (Å²) in [5.74, 6) is 1.78. The second-order valence-corrected chi connectivity index (χ2v) is 5.87. The van der Waals surface area contributed by atoms with E-state index in [0.29, 0.717) is 0 Å². The molecule has 106 valence electrons. The third-order valence-corrected chi connectivity index (χ3v) is 3.79. The van der Waals surface area contributed by atoms with Crippen molar-refractivity contribution in [1.82, 2.24) is 9.97 Å². The maximum Gasteiger partial charge on any atom is 0.132 e. The quantitative estimate of drug-likeness (QED) is 0.787. The van der Waals surface area contributed by atoms with Crippen LogP contribution in [0.1, 0.15) is 26.1 Å². The van der Waals surface area contributed by atoms with Crippen LogP contribution < -0.4 is 5.32 Å². The van der Waals surface area contributed by atoms with Gasteiger partial charge < -0.3 is 5.32 Å². The van der Waals surface area contributed by atoms with E-state index < -0.39 is 0 Å². The highest BCUT2D eigenvalue weighted by Gasteiger charge is 2.06. The molecule has 0 spiro atoms. The van der Waals surface area contributed by atoms with Gasteiger partial charge in [-0.2, -0.15) is 0 Å². The molecular formula is C15H18ClN3S. The number of benzene rings is 1. The van der Waals surface area contributed by atoms with Crippen LogP contribution in [0.15, 0.2) is 40.3 Å². The first-order chi connectivity index (χ1) is 9.71. The molecule has 3 nitrogen and oxygen atoms in total. The summed E-state index contributed by atoms with van der Waals surface area (Å²) in [4.78, 5) is 10.2. The van der Waals surface area contributed by atoms with E-state index in [-0.39, 0.29) is 0 Å². The smallest absolute Gasteiger partial charge is 0.132 e. The van der Waals surface area contributed by atoms with E-state index in [1.807, 2.05) is 30.3 Å². The number of hydrogen-bond donors (Lipinski definition) is 1. The molecule has 0 saturated carbocycles. The van der Waals surface area contributed by atoms with Crippen LogP contribution in [-0.4, -0.2) is 16.5 Å². The van der Waals surface area contributed by atoms with Crippen molar-refractivity contribution in [3.63, 3.8) is 0 Å². The van der Waals surface area contributed by atoms with Crippen LogP contribution in [0.25, 0.3) is 0 Å². The fourth-order valence-electron chi connectivity index (χ4n) is 1.76. The Morgan fingerprint density at radius 2 is 1.90 bits per heavy atom. The number of aryl methyl sites for hydroxylation is 1. The lowest BCUT2D eigenvalue weighted by Crippen LogP contribution is -2.04. The molecule has 0 radical (unpaired) electrons. The summed E-state index contributed by atoms with van der Waals surface area (Å²) in [5, 5.41) is 4.96. The number of nitrogens with zero attached hydrogens (tertiary/aromatic N) is 2. The van der Waals surface area contributed by atoms with E-state index in [1.165, 1.54) is 0 Å². The zero-order valence-electron chi connectivity index (χ0n) is 11.7. The molecule has 0 fully saturated rings. The van der Waals surface area contributed by atoms with Gasteiger partial charge in [-0.1, -0.05) is 30.3 Å². The fraction of sp³-hybridized carbons (Fsp3) is 0.333. The maximum atomic E-state index is 5.90. The first-order valence-corrected chi connectivity index (χ1v) is 7.96. The molecule has 1 heterocycles. The standard InChI is InChI=1S/C15H18ClN3S/c1-3-5-13-18-14(17-4-2)10-15(19-13)20-12-8-6-11(16)7-9-12/h6-10H,3-5H2,1-2H3,(H,17,18,19). The summed E-state index contributed by atoms with van der Waals surface area (Å²) >= 11 is 7.53. The minimum atomic E-state index is 0.747. The average Bonchev–Trinajstić information content (AvgIpc) is 2.42. The molecule has 1 aromatic heterocycles. The zero-order valence-corrected chi connectivity index (χ0v) is 13.3. The molecule has 1 aromatic carbocycles. The minimum absolute atomic E-state index is 0.747. The summed E-state index contributed by atoms with van der Waals surface area (Å²) < 4.78 is 0. The average molecular weight is 308 g/mol. The fourth-order valence-corrected chi connectivity index (χ4v) is 2.72. The van der Waals surface area contributed by atoms with Gasteiger partial charge in [0.25, 0.3) is 0 Å². The van der Waals surface area contributed by atoms with Crippen molar-refractivity contribution in [1.29, 1.82) is 0 Å². The molecule has 2 rings (SSSR count). The van der Waals surface area contributed by atoms with Crippen LogP contribution in [0, 0.1) is 0 Å². The molecule has 20 heavy (non-hydrogen) atoms. The van der Waals surface area contributed by atoms with Crippen LogP contribution in [0.4, 0.5) is 5.82 Å². The Kier molecular flexibility index (Phi) is 5.68. The SMILES string of the molecule is CCCc1nc(NCC)cc(Sc2ccc(Cl)cc2)n1. The number of anilines is 1. The van der Waals surface area contributed by atoms with E-state index in [0.717, 1.165) is 46.0 Å². The minimum Gasteiger partial charge on any atom is -0.370 e. The van der Waals surface area contributed by atoms with Gasteiger partial charge in [0.15, 0.2) is 0 Å². The van der Waals surface area contributed by atoms with Crippen molar-refractivity contribution in [2.75, 3.05) is 11.9 Å². The molecular weight excluding hydrogens is 290 g/mol. The lowest BCUT2D eigenvalue weighted by molar-refractivity contribution is 0.810. The topological polar surface area (TPSA) is 37.8 Å². The van der Waals surface area contributed by atoms with Gasteiger partial charge in [-0.05, 0) is 37.6 Å². The maximum absolute atomic E-state index is 5.90. The van der Waals surface area contributed by atoms with Crippen LogP contribution >= 0.6 is 23.4 Å². The van der Waals surface area contributed by atoms with E-state index in [1.54, 1.807) is 11.8 Å². The van der Waals surface area contributed by atoms with Crippen molar-refractivity contribution in [3.8, 4) is 0 Å². The number of hydrogen-bond acceptors (Lipinski definition) is 4. The van der Waals surface area contributed by atoms with Gasteiger partial charge in [0.1, 0.15) is 16.7 Å². The molecule has 0 unspecified atom stereocenters. The number of aromatic nitrogens is 2. The summed E-state index contributed by atoms with van der Waals surface area (Å²) in [7, 11) is 0. The summed E-state index contributed by atoms with van der Waals surface area (Å²) in [5.41, 5.74) is 0. The van der Waals surface area contributed by atoms with Gasteiger partial charge >= 0.3 is 0 Å². The number of nitrogens with one attached hydrogen (secondary N) is 1. The lowest BCUT2D eigenvalue weighted by atomic mass is 10.3. The Bertz CT molecular complexity index is 533. The predicted molar refractivity (Wildman–Crippen MR) is 85.8 cm³/mol. The molecule has 1 N–H and O–H groups in total. The van der Waals surface area contributed by atoms with Crippen LogP contribution in [0.3, 0.4) is 0 Å². The molecule has 0 amide bonds. The third kappa shape index (κ3) is 4.39. The Morgan fingerprint density at radius 3 is 2.55 bits per heavy atom. The third-order valence-electron chi connectivity index (χ3n) is 2.62. The van der Waals surface area contributed by atoms with E-state index >= 15 is 0 Å². The largest absolute Gasteiger partial charge is 0.370 e. The summed E-state index contributed by atoms with van der Waals surface area (Å²) in [6, 6.07) is 9.78. The highest BCUT2D eigenvalue weighted by molar-refractivity contribution is 7.99. The van der Waals surface area contributed by atoms with Gasteiger partial charge in [0.2, 0.25) is 0 Å². The van der Waals surface area contributed by atoms with Crippen LogP contribution in [0.2, 0.25) is 5.02 Å².